The topological polar surface area (TPSA) is 107 Å². The fourth-order valence-corrected chi connectivity index (χ4v) is 4.39. The highest BCUT2D eigenvalue weighted by Crippen LogP contribution is 2.45. The van der Waals surface area contributed by atoms with Gasteiger partial charge >= 0.3 is 5.97 Å². The van der Waals surface area contributed by atoms with Crippen molar-refractivity contribution < 1.29 is 28.6 Å². The molecule has 2 aromatic carbocycles. The first-order valence-electron chi connectivity index (χ1n) is 10.8. The smallest absolute Gasteiger partial charge is 0.339 e. The van der Waals surface area contributed by atoms with Crippen molar-refractivity contribution in [3.8, 4) is 11.5 Å². The molecule has 0 aliphatic carbocycles. The van der Waals surface area contributed by atoms with Gasteiger partial charge in [0.1, 0.15) is 0 Å². The van der Waals surface area contributed by atoms with Gasteiger partial charge in [-0.25, -0.2) is 4.79 Å². The number of carbonyl (C=O) groups excluding carboxylic acids is 3. The lowest BCUT2D eigenvalue weighted by molar-refractivity contribution is -0.119. The van der Waals surface area contributed by atoms with Crippen LogP contribution in [0.2, 0.25) is 0 Å². The third-order valence-corrected chi connectivity index (χ3v) is 6.07. The highest BCUT2D eigenvalue weighted by Gasteiger charge is 2.44. The second kappa shape index (κ2) is 9.84. The van der Waals surface area contributed by atoms with E-state index in [1.165, 1.54) is 26.2 Å². The number of esters is 1. The van der Waals surface area contributed by atoms with E-state index in [1.807, 2.05) is 6.07 Å². The summed E-state index contributed by atoms with van der Waals surface area (Å²) in [7, 11) is 5.88. The van der Waals surface area contributed by atoms with Gasteiger partial charge in [0.25, 0.3) is 5.91 Å². The van der Waals surface area contributed by atoms with Crippen molar-refractivity contribution in [2.45, 2.75) is 12.0 Å². The summed E-state index contributed by atoms with van der Waals surface area (Å²) in [6.45, 7) is 0. The number of amides is 2. The summed E-state index contributed by atoms with van der Waals surface area (Å²) in [4.78, 5) is 45.2. The molecule has 180 valence electrons. The fraction of sp³-hybridized carbons (Fsp3) is 0.231. The second-order valence-corrected chi connectivity index (χ2v) is 7.95. The number of pyridine rings is 1. The number of anilines is 1. The van der Waals surface area contributed by atoms with Crippen LogP contribution in [0.15, 0.2) is 60.9 Å². The Kier molecular flexibility index (Phi) is 6.68. The number of nitrogens with zero attached hydrogens (tertiary/aromatic N) is 2. The Morgan fingerprint density at radius 2 is 1.71 bits per heavy atom. The van der Waals surface area contributed by atoms with Crippen LogP contribution < -0.4 is 14.8 Å². The van der Waals surface area contributed by atoms with E-state index >= 15 is 0 Å². The summed E-state index contributed by atoms with van der Waals surface area (Å²) in [5.41, 5.74) is 2.01. The maximum Gasteiger partial charge on any atom is 0.339 e. The van der Waals surface area contributed by atoms with E-state index in [-0.39, 0.29) is 11.5 Å². The number of benzene rings is 2. The first-order valence-corrected chi connectivity index (χ1v) is 10.8. The molecular weight excluding hydrogens is 450 g/mol. The number of hydrogen-bond acceptors (Lipinski definition) is 7. The van der Waals surface area contributed by atoms with E-state index in [9.17, 15) is 14.4 Å². The summed E-state index contributed by atoms with van der Waals surface area (Å²) in [6, 6.07) is 12.7. The van der Waals surface area contributed by atoms with Gasteiger partial charge in [-0.15, -0.1) is 0 Å². The van der Waals surface area contributed by atoms with Gasteiger partial charge in [-0.2, -0.15) is 0 Å². The van der Waals surface area contributed by atoms with Gasteiger partial charge in [0, 0.05) is 25.0 Å². The largest absolute Gasteiger partial charge is 0.493 e. The molecule has 2 atom stereocenters. The lowest BCUT2D eigenvalue weighted by Crippen LogP contribution is -2.44. The predicted molar refractivity (Wildman–Crippen MR) is 128 cm³/mol. The van der Waals surface area contributed by atoms with Crippen LogP contribution in [-0.4, -0.2) is 56.0 Å². The SMILES string of the molecule is COC(=O)c1ccccc1NC(=O)C1c2cc(OC)c(OC)cc2C(=O)N(C)C1c1cccnc1. The number of likely N-dealkylation sites (N-methyl/N-ethyl adjacent to an activating group) is 1. The van der Waals surface area contributed by atoms with E-state index in [1.54, 1.807) is 61.9 Å². The van der Waals surface area contributed by atoms with E-state index in [2.05, 4.69) is 10.3 Å². The molecule has 0 spiro atoms. The summed E-state index contributed by atoms with van der Waals surface area (Å²) < 4.78 is 15.7. The lowest BCUT2D eigenvalue weighted by atomic mass is 9.79. The Hall–Kier alpha value is -4.40. The molecule has 2 heterocycles. The number of ether oxygens (including phenoxy) is 3. The number of hydrogen-bond donors (Lipinski definition) is 1. The molecule has 1 N–H and O–H groups in total. The van der Waals surface area contributed by atoms with Gasteiger partial charge in [0.15, 0.2) is 11.5 Å². The van der Waals surface area contributed by atoms with Gasteiger partial charge in [-0.05, 0) is 41.5 Å². The van der Waals surface area contributed by atoms with Crippen molar-refractivity contribution >= 4 is 23.5 Å². The summed E-state index contributed by atoms with van der Waals surface area (Å²) in [5.74, 6) is -1.34. The minimum absolute atomic E-state index is 0.217. The number of carbonyl (C=O) groups is 3. The quantitative estimate of drug-likeness (QED) is 0.544. The molecule has 0 radical (unpaired) electrons. The molecule has 0 bridgehead atoms. The molecule has 9 nitrogen and oxygen atoms in total. The van der Waals surface area contributed by atoms with E-state index in [0.717, 1.165) is 0 Å². The third-order valence-electron chi connectivity index (χ3n) is 6.07. The van der Waals surface area contributed by atoms with Gasteiger partial charge < -0.3 is 24.4 Å². The highest BCUT2D eigenvalue weighted by molar-refractivity contribution is 6.07. The molecular formula is C26H25N3O6. The third kappa shape index (κ3) is 4.28. The van der Waals surface area contributed by atoms with Crippen LogP contribution in [0.4, 0.5) is 5.69 Å². The predicted octanol–water partition coefficient (Wildman–Crippen LogP) is 3.43. The molecule has 35 heavy (non-hydrogen) atoms. The molecule has 4 rings (SSSR count). The summed E-state index contributed by atoms with van der Waals surface area (Å²) >= 11 is 0. The van der Waals surface area contributed by atoms with Crippen LogP contribution in [0.3, 0.4) is 0 Å². The van der Waals surface area contributed by atoms with Crippen LogP contribution in [-0.2, 0) is 9.53 Å². The van der Waals surface area contributed by atoms with E-state index in [4.69, 9.17) is 14.2 Å². The van der Waals surface area contributed by atoms with Gasteiger partial charge in [-0.3, -0.25) is 14.6 Å². The van der Waals surface area contributed by atoms with Gasteiger partial charge in [0.2, 0.25) is 5.91 Å². The Balaban J connectivity index is 1.88. The minimum atomic E-state index is -0.845. The average Bonchev–Trinajstić information content (AvgIpc) is 2.90. The lowest BCUT2D eigenvalue weighted by Gasteiger charge is -2.40. The molecule has 9 heteroatoms. The minimum Gasteiger partial charge on any atom is -0.493 e. The Labute approximate surface area is 202 Å². The molecule has 1 aliphatic rings. The summed E-state index contributed by atoms with van der Waals surface area (Å²) in [6.07, 6.45) is 3.25. The van der Waals surface area contributed by atoms with Crippen molar-refractivity contribution in [2.75, 3.05) is 33.7 Å². The van der Waals surface area contributed by atoms with Crippen LogP contribution >= 0.6 is 0 Å². The zero-order valence-corrected chi connectivity index (χ0v) is 19.8. The van der Waals surface area contributed by atoms with Crippen molar-refractivity contribution in [1.82, 2.24) is 9.88 Å². The maximum atomic E-state index is 13.9. The first-order chi connectivity index (χ1) is 16.9. The molecule has 2 unspecified atom stereocenters. The zero-order valence-electron chi connectivity index (χ0n) is 19.8. The van der Waals surface area contributed by atoms with Crippen LogP contribution in [0.5, 0.6) is 11.5 Å². The highest BCUT2D eigenvalue weighted by atomic mass is 16.5. The van der Waals surface area contributed by atoms with Crippen LogP contribution in [0, 0.1) is 0 Å². The fourth-order valence-electron chi connectivity index (χ4n) is 4.39. The normalized spacial score (nSPS) is 16.8. The number of rotatable bonds is 6. The number of para-hydroxylation sites is 1. The summed E-state index contributed by atoms with van der Waals surface area (Å²) in [5, 5.41) is 2.87. The Morgan fingerprint density at radius 3 is 2.37 bits per heavy atom. The van der Waals surface area contributed by atoms with Crippen LogP contribution in [0.25, 0.3) is 0 Å². The Bertz CT molecular complexity index is 1280. The molecule has 0 saturated heterocycles. The van der Waals surface area contributed by atoms with E-state index in [0.29, 0.717) is 33.9 Å². The van der Waals surface area contributed by atoms with Crippen LogP contribution in [0.1, 0.15) is 43.8 Å². The van der Waals surface area contributed by atoms with Gasteiger partial charge in [-0.1, -0.05) is 18.2 Å². The monoisotopic (exact) mass is 475 g/mol. The standard InChI is InChI=1S/C26H25N3O6/c1-29-23(15-8-7-11-27-14-15)22(17-12-20(33-2)21(34-3)13-18(17)25(29)31)24(30)28-19-10-6-5-9-16(19)26(32)35-4/h5-14,22-23H,1-4H3,(H,28,30). The molecule has 3 aromatic rings. The van der Waals surface area contributed by atoms with Crippen molar-refractivity contribution in [3.63, 3.8) is 0 Å². The van der Waals surface area contributed by atoms with Crippen molar-refractivity contribution in [3.05, 3.63) is 83.2 Å². The Morgan fingerprint density at radius 1 is 1.00 bits per heavy atom. The number of nitrogens with one attached hydrogen (secondary N) is 1. The maximum absolute atomic E-state index is 13.9. The molecule has 0 saturated carbocycles. The second-order valence-electron chi connectivity index (χ2n) is 7.95. The van der Waals surface area contributed by atoms with E-state index < -0.39 is 23.8 Å². The average molecular weight is 476 g/mol. The van der Waals surface area contributed by atoms with Crippen molar-refractivity contribution in [2.24, 2.45) is 0 Å². The molecule has 2 amide bonds. The van der Waals surface area contributed by atoms with Crippen molar-refractivity contribution in [1.29, 1.82) is 0 Å². The number of aromatic nitrogens is 1. The number of methoxy groups -OCH3 is 3. The molecule has 1 aliphatic heterocycles. The van der Waals surface area contributed by atoms with Gasteiger partial charge in [0.05, 0.1) is 44.5 Å². The number of fused-ring (bicyclic) bond motifs is 1. The first kappa shape index (κ1) is 23.7. The molecule has 1 aromatic heterocycles. The zero-order chi connectivity index (χ0) is 25.1. The molecule has 0 fully saturated rings.